The SMILES string of the molecule is Cc1nn(CCC2CCCC2(N)C(=O)O)c(C)c1C. The Hall–Kier alpha value is -1.36. The molecule has 0 bridgehead atoms. The second-order valence-corrected chi connectivity index (χ2v) is 5.74. The molecule has 1 heterocycles. The van der Waals surface area contributed by atoms with Crippen LogP contribution < -0.4 is 5.73 Å². The van der Waals surface area contributed by atoms with Crippen LogP contribution in [0, 0.1) is 26.7 Å². The van der Waals surface area contributed by atoms with Crippen molar-refractivity contribution in [3.8, 4) is 0 Å². The molecule has 0 radical (unpaired) electrons. The highest BCUT2D eigenvalue weighted by atomic mass is 16.4. The van der Waals surface area contributed by atoms with Gasteiger partial charge in [0.05, 0.1) is 5.69 Å². The second kappa shape index (κ2) is 4.96. The number of nitrogens with two attached hydrogens (primary N) is 1. The van der Waals surface area contributed by atoms with Crippen LogP contribution in [0.2, 0.25) is 0 Å². The quantitative estimate of drug-likeness (QED) is 0.869. The van der Waals surface area contributed by atoms with E-state index in [0.717, 1.165) is 37.2 Å². The van der Waals surface area contributed by atoms with E-state index in [9.17, 15) is 9.90 Å². The molecule has 0 aromatic carbocycles. The van der Waals surface area contributed by atoms with Crippen LogP contribution in [0.25, 0.3) is 0 Å². The summed E-state index contributed by atoms with van der Waals surface area (Å²) >= 11 is 0. The summed E-state index contributed by atoms with van der Waals surface area (Å²) in [5.74, 6) is -0.811. The van der Waals surface area contributed by atoms with Gasteiger partial charge in [-0.1, -0.05) is 6.42 Å². The van der Waals surface area contributed by atoms with Gasteiger partial charge in [-0.3, -0.25) is 9.48 Å². The van der Waals surface area contributed by atoms with Crippen LogP contribution in [0.1, 0.15) is 42.6 Å². The van der Waals surface area contributed by atoms with Crippen LogP contribution >= 0.6 is 0 Å². The molecule has 0 aliphatic heterocycles. The number of rotatable bonds is 4. The van der Waals surface area contributed by atoms with E-state index < -0.39 is 11.5 Å². The first-order valence-corrected chi connectivity index (χ1v) is 6.89. The molecule has 1 fully saturated rings. The maximum atomic E-state index is 11.3. The fourth-order valence-electron chi connectivity index (χ4n) is 3.07. The fraction of sp³-hybridized carbons (Fsp3) is 0.714. The lowest BCUT2D eigenvalue weighted by Gasteiger charge is -2.26. The van der Waals surface area contributed by atoms with Gasteiger partial charge in [0.15, 0.2) is 0 Å². The molecular formula is C14H23N3O2. The number of nitrogens with zero attached hydrogens (tertiary/aromatic N) is 2. The summed E-state index contributed by atoms with van der Waals surface area (Å²) in [5, 5.41) is 13.8. The van der Waals surface area contributed by atoms with E-state index in [-0.39, 0.29) is 5.92 Å². The van der Waals surface area contributed by atoms with Crippen molar-refractivity contribution in [1.82, 2.24) is 9.78 Å². The zero-order chi connectivity index (χ0) is 14.2. The van der Waals surface area contributed by atoms with E-state index in [2.05, 4.69) is 18.9 Å². The Bertz CT molecular complexity index is 495. The molecule has 5 heteroatoms. The first kappa shape index (κ1) is 14.1. The fourth-order valence-corrected chi connectivity index (χ4v) is 3.07. The smallest absolute Gasteiger partial charge is 0.323 e. The summed E-state index contributed by atoms with van der Waals surface area (Å²) in [7, 11) is 0. The monoisotopic (exact) mass is 265 g/mol. The summed E-state index contributed by atoms with van der Waals surface area (Å²) in [6, 6.07) is 0. The number of hydrogen-bond donors (Lipinski definition) is 2. The molecule has 2 rings (SSSR count). The third-order valence-electron chi connectivity index (χ3n) is 4.70. The third-order valence-corrected chi connectivity index (χ3v) is 4.70. The highest BCUT2D eigenvalue weighted by Crippen LogP contribution is 2.36. The van der Waals surface area contributed by atoms with Crippen LogP contribution in [0.3, 0.4) is 0 Å². The Kier molecular flexibility index (Phi) is 3.67. The molecule has 1 aromatic heterocycles. The molecular weight excluding hydrogens is 242 g/mol. The van der Waals surface area contributed by atoms with Gasteiger partial charge in [0.2, 0.25) is 0 Å². The van der Waals surface area contributed by atoms with Crippen molar-refractivity contribution in [3.05, 3.63) is 17.0 Å². The molecule has 5 nitrogen and oxygen atoms in total. The predicted molar refractivity (Wildman–Crippen MR) is 73.0 cm³/mol. The molecule has 1 aliphatic carbocycles. The van der Waals surface area contributed by atoms with Gasteiger partial charge < -0.3 is 10.8 Å². The normalized spacial score (nSPS) is 26.8. The minimum atomic E-state index is -1.04. The summed E-state index contributed by atoms with van der Waals surface area (Å²) in [5.41, 5.74) is 8.43. The number of aryl methyl sites for hydroxylation is 2. The van der Waals surface area contributed by atoms with E-state index in [0.29, 0.717) is 6.42 Å². The summed E-state index contributed by atoms with van der Waals surface area (Å²) in [6.07, 6.45) is 3.18. The average molecular weight is 265 g/mol. The van der Waals surface area contributed by atoms with Crippen LogP contribution in [-0.2, 0) is 11.3 Å². The Morgan fingerprint density at radius 2 is 2.21 bits per heavy atom. The first-order chi connectivity index (χ1) is 8.86. The molecule has 1 aliphatic rings. The van der Waals surface area contributed by atoms with Gasteiger partial charge in [0.25, 0.3) is 0 Å². The van der Waals surface area contributed by atoms with Gasteiger partial charge in [0, 0.05) is 12.2 Å². The molecule has 1 saturated carbocycles. The van der Waals surface area contributed by atoms with Crippen molar-refractivity contribution in [3.63, 3.8) is 0 Å². The molecule has 0 amide bonds. The number of carboxylic acid groups (broad SMARTS) is 1. The lowest BCUT2D eigenvalue weighted by molar-refractivity contribution is -0.144. The maximum Gasteiger partial charge on any atom is 0.323 e. The number of aliphatic carboxylic acids is 1. The third kappa shape index (κ3) is 2.39. The van der Waals surface area contributed by atoms with Crippen LogP contribution in [0.15, 0.2) is 0 Å². The number of hydrogen-bond acceptors (Lipinski definition) is 3. The van der Waals surface area contributed by atoms with Gasteiger partial charge >= 0.3 is 5.97 Å². The van der Waals surface area contributed by atoms with E-state index in [1.807, 2.05) is 11.6 Å². The first-order valence-electron chi connectivity index (χ1n) is 6.89. The minimum absolute atomic E-state index is 0.0502. The molecule has 19 heavy (non-hydrogen) atoms. The lowest BCUT2D eigenvalue weighted by Crippen LogP contribution is -2.51. The van der Waals surface area contributed by atoms with E-state index in [1.54, 1.807) is 0 Å². The molecule has 3 N–H and O–H groups in total. The number of aromatic nitrogens is 2. The molecule has 0 saturated heterocycles. The van der Waals surface area contributed by atoms with Crippen molar-refractivity contribution in [2.75, 3.05) is 0 Å². The predicted octanol–water partition coefficient (Wildman–Crippen LogP) is 1.78. The van der Waals surface area contributed by atoms with Crippen molar-refractivity contribution in [2.24, 2.45) is 11.7 Å². The molecule has 106 valence electrons. The standard InChI is InChI=1S/C14H23N3O2/c1-9-10(2)16-17(11(9)3)8-6-12-5-4-7-14(12,15)13(18)19/h12H,4-8,15H2,1-3H3,(H,18,19). The van der Waals surface area contributed by atoms with Crippen LogP contribution in [0.4, 0.5) is 0 Å². The molecule has 2 atom stereocenters. The Morgan fingerprint density at radius 1 is 1.53 bits per heavy atom. The Morgan fingerprint density at radius 3 is 2.74 bits per heavy atom. The topological polar surface area (TPSA) is 81.1 Å². The van der Waals surface area contributed by atoms with E-state index in [1.165, 1.54) is 5.56 Å². The second-order valence-electron chi connectivity index (χ2n) is 5.74. The number of carboxylic acids is 1. The van der Waals surface area contributed by atoms with E-state index in [4.69, 9.17) is 5.73 Å². The summed E-state index contributed by atoms with van der Waals surface area (Å²) in [4.78, 5) is 11.3. The zero-order valence-electron chi connectivity index (χ0n) is 11.9. The Labute approximate surface area is 113 Å². The van der Waals surface area contributed by atoms with Crippen molar-refractivity contribution in [2.45, 2.75) is 58.5 Å². The number of carbonyl (C=O) groups is 1. The Balaban J connectivity index is 2.06. The minimum Gasteiger partial charge on any atom is -0.480 e. The molecule has 1 aromatic rings. The molecule has 2 unspecified atom stereocenters. The van der Waals surface area contributed by atoms with Crippen molar-refractivity contribution in [1.29, 1.82) is 0 Å². The van der Waals surface area contributed by atoms with Gasteiger partial charge in [-0.25, -0.2) is 0 Å². The van der Waals surface area contributed by atoms with Gasteiger partial charge in [-0.05, 0) is 51.5 Å². The van der Waals surface area contributed by atoms with Gasteiger partial charge in [0.1, 0.15) is 5.54 Å². The molecule has 0 spiro atoms. The van der Waals surface area contributed by atoms with Crippen molar-refractivity contribution >= 4 is 5.97 Å². The highest BCUT2D eigenvalue weighted by Gasteiger charge is 2.45. The van der Waals surface area contributed by atoms with Gasteiger partial charge in [-0.15, -0.1) is 0 Å². The van der Waals surface area contributed by atoms with E-state index >= 15 is 0 Å². The lowest BCUT2D eigenvalue weighted by atomic mass is 9.86. The van der Waals surface area contributed by atoms with Crippen molar-refractivity contribution < 1.29 is 9.90 Å². The van der Waals surface area contributed by atoms with Crippen LogP contribution in [-0.4, -0.2) is 26.4 Å². The van der Waals surface area contributed by atoms with Gasteiger partial charge in [-0.2, -0.15) is 5.10 Å². The summed E-state index contributed by atoms with van der Waals surface area (Å²) < 4.78 is 1.98. The average Bonchev–Trinajstić information content (AvgIpc) is 2.84. The zero-order valence-corrected chi connectivity index (χ0v) is 11.9. The largest absolute Gasteiger partial charge is 0.480 e. The summed E-state index contributed by atoms with van der Waals surface area (Å²) in [6.45, 7) is 6.86. The maximum absolute atomic E-state index is 11.3. The van der Waals surface area contributed by atoms with Crippen LogP contribution in [0.5, 0.6) is 0 Å². The highest BCUT2D eigenvalue weighted by molar-refractivity contribution is 5.79.